The van der Waals surface area contributed by atoms with Crippen molar-refractivity contribution in [2.45, 2.75) is 18.3 Å². The van der Waals surface area contributed by atoms with E-state index in [9.17, 15) is 9.59 Å². The van der Waals surface area contributed by atoms with Crippen molar-refractivity contribution in [3.05, 3.63) is 41.6 Å². The molecule has 0 aliphatic carbocycles. The number of aromatic nitrogens is 1. The summed E-state index contributed by atoms with van der Waals surface area (Å²) in [7, 11) is 1.35. The molecule has 0 unspecified atom stereocenters. The minimum atomic E-state index is -0.546. The van der Waals surface area contributed by atoms with E-state index in [0.29, 0.717) is 42.5 Å². The zero-order chi connectivity index (χ0) is 15.6. The van der Waals surface area contributed by atoms with Gasteiger partial charge in [0.15, 0.2) is 0 Å². The summed E-state index contributed by atoms with van der Waals surface area (Å²) in [4.78, 5) is 27.9. The van der Waals surface area contributed by atoms with Crippen LogP contribution in [0.15, 0.2) is 30.5 Å². The Kier molecular flexibility index (Phi) is 3.90. The molecule has 1 fully saturated rings. The Hall–Kier alpha value is -2.27. The van der Waals surface area contributed by atoms with Crippen molar-refractivity contribution in [3.8, 4) is 0 Å². The van der Waals surface area contributed by atoms with Crippen LogP contribution in [0, 0.1) is 0 Å². The molecule has 0 N–H and O–H groups in total. The van der Waals surface area contributed by atoms with Gasteiger partial charge in [-0.05, 0) is 36.6 Å². The van der Waals surface area contributed by atoms with Crippen molar-refractivity contribution < 1.29 is 19.1 Å². The second-order valence-corrected chi connectivity index (χ2v) is 5.47. The lowest BCUT2D eigenvalue weighted by atomic mass is 9.75. The van der Waals surface area contributed by atoms with Crippen molar-refractivity contribution in [2.24, 2.45) is 0 Å². The Bertz CT molecular complexity index is 720. The molecular weight excluding hydrogens is 282 g/mol. The molecular formula is C17H17NO4. The molecule has 1 saturated heterocycles. The van der Waals surface area contributed by atoms with Crippen LogP contribution in [-0.2, 0) is 19.7 Å². The first kappa shape index (κ1) is 14.7. The van der Waals surface area contributed by atoms with Gasteiger partial charge in [-0.15, -0.1) is 0 Å². The van der Waals surface area contributed by atoms with Crippen LogP contribution in [0.3, 0.4) is 0 Å². The molecule has 0 radical (unpaired) electrons. The van der Waals surface area contributed by atoms with E-state index in [1.165, 1.54) is 7.11 Å². The average molecular weight is 299 g/mol. The van der Waals surface area contributed by atoms with E-state index < -0.39 is 11.4 Å². The van der Waals surface area contributed by atoms with Gasteiger partial charge in [0.05, 0.1) is 23.6 Å². The van der Waals surface area contributed by atoms with Crippen molar-refractivity contribution >= 4 is 23.2 Å². The monoisotopic (exact) mass is 299 g/mol. The minimum absolute atomic E-state index is 0.406. The van der Waals surface area contributed by atoms with E-state index >= 15 is 0 Å². The third-order valence-electron chi connectivity index (χ3n) is 4.33. The van der Waals surface area contributed by atoms with E-state index in [-0.39, 0.29) is 0 Å². The van der Waals surface area contributed by atoms with Crippen LogP contribution < -0.4 is 0 Å². The molecule has 0 bridgehead atoms. The second kappa shape index (κ2) is 5.85. The summed E-state index contributed by atoms with van der Waals surface area (Å²) >= 11 is 0. The number of hydrogen-bond acceptors (Lipinski definition) is 5. The quantitative estimate of drug-likeness (QED) is 0.642. The Labute approximate surface area is 128 Å². The van der Waals surface area contributed by atoms with Crippen molar-refractivity contribution in [1.82, 2.24) is 4.98 Å². The van der Waals surface area contributed by atoms with Gasteiger partial charge in [-0.25, -0.2) is 4.79 Å². The summed E-state index contributed by atoms with van der Waals surface area (Å²) in [5.74, 6) is -0.406. The van der Waals surface area contributed by atoms with E-state index in [0.717, 1.165) is 11.8 Å². The lowest BCUT2D eigenvalue weighted by molar-refractivity contribution is -0.115. The van der Waals surface area contributed by atoms with Gasteiger partial charge in [0.2, 0.25) is 0 Å². The summed E-state index contributed by atoms with van der Waals surface area (Å²) < 4.78 is 10.2. The maximum atomic E-state index is 11.9. The molecule has 1 aliphatic rings. The summed E-state index contributed by atoms with van der Waals surface area (Å²) in [6.45, 7) is 1.13. The number of rotatable bonds is 3. The molecule has 22 heavy (non-hydrogen) atoms. The highest BCUT2D eigenvalue weighted by Crippen LogP contribution is 2.34. The number of methoxy groups -OCH3 is 1. The second-order valence-electron chi connectivity index (χ2n) is 5.47. The van der Waals surface area contributed by atoms with E-state index in [1.807, 2.05) is 18.2 Å². The molecule has 5 heteroatoms. The number of aldehydes is 1. The topological polar surface area (TPSA) is 65.5 Å². The minimum Gasteiger partial charge on any atom is -0.465 e. The highest BCUT2D eigenvalue weighted by molar-refractivity contribution is 6.03. The fraction of sp³-hybridized carbons (Fsp3) is 0.353. The predicted molar refractivity (Wildman–Crippen MR) is 80.9 cm³/mol. The van der Waals surface area contributed by atoms with Gasteiger partial charge < -0.3 is 14.3 Å². The lowest BCUT2D eigenvalue weighted by Crippen LogP contribution is -2.35. The standard InChI is InChI=1S/C17H17NO4/c1-21-16(20)13-4-7-18-15-3-2-12(10-14(13)15)17(11-19)5-8-22-9-6-17/h2-4,7,10-11H,5-6,8-9H2,1H3. The maximum Gasteiger partial charge on any atom is 0.338 e. The maximum absolute atomic E-state index is 11.9. The van der Waals surface area contributed by atoms with Gasteiger partial charge in [-0.3, -0.25) is 4.98 Å². The first-order valence-corrected chi connectivity index (χ1v) is 7.22. The number of hydrogen-bond donors (Lipinski definition) is 0. The highest BCUT2D eigenvalue weighted by atomic mass is 16.5. The zero-order valence-corrected chi connectivity index (χ0v) is 12.4. The molecule has 0 atom stereocenters. The van der Waals surface area contributed by atoms with Crippen molar-refractivity contribution in [2.75, 3.05) is 20.3 Å². The summed E-state index contributed by atoms with van der Waals surface area (Å²) in [5.41, 5.74) is 1.52. The van der Waals surface area contributed by atoms with E-state index in [2.05, 4.69) is 4.98 Å². The lowest BCUT2D eigenvalue weighted by Gasteiger charge is -2.32. The largest absolute Gasteiger partial charge is 0.465 e. The summed E-state index contributed by atoms with van der Waals surface area (Å²) in [6.07, 6.45) is 3.88. The SMILES string of the molecule is COC(=O)c1ccnc2ccc(C3(C=O)CCOCC3)cc12. The zero-order valence-electron chi connectivity index (χ0n) is 12.4. The number of pyridine rings is 1. The van der Waals surface area contributed by atoms with Crippen LogP contribution in [-0.4, -0.2) is 37.6 Å². The van der Waals surface area contributed by atoms with Gasteiger partial charge in [0, 0.05) is 24.8 Å². The van der Waals surface area contributed by atoms with Gasteiger partial charge >= 0.3 is 5.97 Å². The molecule has 3 rings (SSSR count). The number of esters is 1. The Balaban J connectivity index is 2.16. The third kappa shape index (κ3) is 2.37. The smallest absolute Gasteiger partial charge is 0.338 e. The van der Waals surface area contributed by atoms with Gasteiger partial charge in [-0.2, -0.15) is 0 Å². The number of ether oxygens (including phenoxy) is 2. The van der Waals surface area contributed by atoms with Crippen LogP contribution in [0.25, 0.3) is 10.9 Å². The molecule has 0 saturated carbocycles. The van der Waals surface area contributed by atoms with Crippen molar-refractivity contribution in [3.63, 3.8) is 0 Å². The van der Waals surface area contributed by atoms with E-state index in [4.69, 9.17) is 9.47 Å². The Morgan fingerprint density at radius 2 is 2.09 bits per heavy atom. The molecule has 5 nitrogen and oxygen atoms in total. The number of nitrogens with zero attached hydrogens (tertiary/aromatic N) is 1. The number of carbonyl (C=O) groups excluding carboxylic acids is 2. The molecule has 1 aromatic heterocycles. The van der Waals surface area contributed by atoms with Crippen LogP contribution >= 0.6 is 0 Å². The summed E-state index contributed by atoms with van der Waals surface area (Å²) in [5, 5.41) is 0.708. The number of benzene rings is 1. The molecule has 2 aromatic rings. The van der Waals surface area contributed by atoms with Crippen LogP contribution in [0.2, 0.25) is 0 Å². The van der Waals surface area contributed by atoms with E-state index in [1.54, 1.807) is 12.3 Å². The van der Waals surface area contributed by atoms with Gasteiger partial charge in [-0.1, -0.05) is 6.07 Å². The van der Waals surface area contributed by atoms with Gasteiger partial charge in [0.25, 0.3) is 0 Å². The molecule has 1 aromatic carbocycles. The normalized spacial score (nSPS) is 17.1. The Morgan fingerprint density at radius 1 is 1.32 bits per heavy atom. The average Bonchev–Trinajstić information content (AvgIpc) is 2.60. The van der Waals surface area contributed by atoms with Gasteiger partial charge in [0.1, 0.15) is 6.29 Å². The van der Waals surface area contributed by atoms with Crippen LogP contribution in [0.5, 0.6) is 0 Å². The summed E-state index contributed by atoms with van der Waals surface area (Å²) in [6, 6.07) is 7.28. The Morgan fingerprint density at radius 3 is 2.77 bits per heavy atom. The number of fused-ring (bicyclic) bond motifs is 1. The van der Waals surface area contributed by atoms with Crippen LogP contribution in [0.1, 0.15) is 28.8 Å². The highest BCUT2D eigenvalue weighted by Gasteiger charge is 2.34. The fourth-order valence-electron chi connectivity index (χ4n) is 2.95. The predicted octanol–water partition coefficient (Wildman–Crippen LogP) is 2.27. The van der Waals surface area contributed by atoms with Crippen molar-refractivity contribution in [1.29, 1.82) is 0 Å². The van der Waals surface area contributed by atoms with Crippen LogP contribution in [0.4, 0.5) is 0 Å². The fourth-order valence-corrected chi connectivity index (χ4v) is 2.95. The first-order chi connectivity index (χ1) is 10.7. The molecule has 114 valence electrons. The molecule has 1 aliphatic heterocycles. The first-order valence-electron chi connectivity index (χ1n) is 7.22. The molecule has 0 spiro atoms. The molecule has 0 amide bonds. The molecule has 2 heterocycles. The number of carbonyl (C=O) groups is 2. The third-order valence-corrected chi connectivity index (χ3v) is 4.33.